The molecule has 1 aliphatic rings. The number of ether oxygens (including phenoxy) is 1. The fourth-order valence-corrected chi connectivity index (χ4v) is 2.73. The largest absolute Gasteiger partial charge is 0.494 e. The molecule has 7 heteroatoms. The summed E-state index contributed by atoms with van der Waals surface area (Å²) in [7, 11) is -0.391. The van der Waals surface area contributed by atoms with Crippen LogP contribution in [0.5, 0.6) is 5.75 Å². The van der Waals surface area contributed by atoms with Gasteiger partial charge in [0.15, 0.2) is 0 Å². The highest BCUT2D eigenvalue weighted by molar-refractivity contribution is 6.62. The van der Waals surface area contributed by atoms with Crippen molar-refractivity contribution in [2.24, 2.45) is 0 Å². The Balaban J connectivity index is 1.64. The highest BCUT2D eigenvalue weighted by atomic mass is 35.5. The summed E-state index contributed by atoms with van der Waals surface area (Å²) in [6.07, 6.45) is 1.60. The van der Waals surface area contributed by atoms with Crippen molar-refractivity contribution in [3.8, 4) is 5.75 Å². The van der Waals surface area contributed by atoms with Crippen LogP contribution in [0.25, 0.3) is 4.85 Å². The van der Waals surface area contributed by atoms with Crippen LogP contribution in [0.3, 0.4) is 0 Å². The van der Waals surface area contributed by atoms with E-state index in [-0.39, 0.29) is 17.0 Å². The molecule has 2 heterocycles. The SMILES string of the molecule is [C-]#[N+]c1ncc(COc2ccc(B3OC(C)(C)C(C)(C)O3)cc2)cc1Cl. The van der Waals surface area contributed by atoms with Gasteiger partial charge in [-0.25, -0.2) is 0 Å². The Morgan fingerprint density at radius 3 is 2.31 bits per heavy atom. The number of hydrogen-bond acceptors (Lipinski definition) is 4. The molecule has 2 aromatic rings. The number of benzene rings is 1. The fraction of sp³-hybridized carbons (Fsp3) is 0.368. The van der Waals surface area contributed by atoms with E-state index >= 15 is 0 Å². The van der Waals surface area contributed by atoms with Crippen LogP contribution in [-0.2, 0) is 15.9 Å². The molecule has 5 nitrogen and oxygen atoms in total. The molecule has 26 heavy (non-hydrogen) atoms. The van der Waals surface area contributed by atoms with Gasteiger partial charge in [0.1, 0.15) is 18.6 Å². The van der Waals surface area contributed by atoms with Crippen LogP contribution in [-0.4, -0.2) is 23.3 Å². The number of nitrogens with zero attached hydrogens (tertiary/aromatic N) is 2. The van der Waals surface area contributed by atoms with Crippen LogP contribution in [0.4, 0.5) is 5.82 Å². The van der Waals surface area contributed by atoms with Gasteiger partial charge in [-0.3, -0.25) is 0 Å². The summed E-state index contributed by atoms with van der Waals surface area (Å²) in [6.45, 7) is 15.4. The summed E-state index contributed by atoms with van der Waals surface area (Å²) >= 11 is 5.99. The molecule has 0 aliphatic carbocycles. The van der Waals surface area contributed by atoms with Crippen molar-refractivity contribution in [2.45, 2.75) is 45.5 Å². The minimum Gasteiger partial charge on any atom is -0.489 e. The zero-order valence-electron chi connectivity index (χ0n) is 15.2. The van der Waals surface area contributed by atoms with Crippen molar-refractivity contribution in [3.63, 3.8) is 0 Å². The van der Waals surface area contributed by atoms with Gasteiger partial charge in [-0.1, -0.05) is 30.3 Å². The molecular weight excluding hydrogens is 350 g/mol. The normalized spacial score (nSPS) is 17.8. The van der Waals surface area contributed by atoms with E-state index in [0.29, 0.717) is 11.6 Å². The van der Waals surface area contributed by atoms with Crippen LogP contribution in [0.15, 0.2) is 36.5 Å². The Bertz CT molecular complexity index is 831. The molecular formula is C19H20BClN2O3. The van der Waals surface area contributed by atoms with Crippen molar-refractivity contribution in [1.29, 1.82) is 0 Å². The summed E-state index contributed by atoms with van der Waals surface area (Å²) in [5.74, 6) is 0.915. The van der Waals surface area contributed by atoms with Gasteiger partial charge in [0.2, 0.25) is 0 Å². The van der Waals surface area contributed by atoms with Crippen molar-refractivity contribution >= 4 is 30.0 Å². The second-order valence-corrected chi connectivity index (χ2v) is 7.61. The number of pyridine rings is 1. The summed E-state index contributed by atoms with van der Waals surface area (Å²) in [5, 5.41) is 0.331. The smallest absolute Gasteiger partial charge is 0.489 e. The first kappa shape index (κ1) is 18.7. The second kappa shape index (κ2) is 6.92. The number of halogens is 1. The molecule has 0 saturated carbocycles. The first-order valence-electron chi connectivity index (χ1n) is 8.32. The third kappa shape index (κ3) is 3.71. The summed E-state index contributed by atoms with van der Waals surface area (Å²) in [5.41, 5.74) is 1.02. The van der Waals surface area contributed by atoms with E-state index in [1.807, 2.05) is 52.0 Å². The van der Waals surface area contributed by atoms with Crippen LogP contribution >= 0.6 is 11.6 Å². The molecule has 0 unspecified atom stereocenters. The Labute approximate surface area is 159 Å². The predicted molar refractivity (Wildman–Crippen MR) is 102 cm³/mol. The topological polar surface area (TPSA) is 44.9 Å². The maximum atomic E-state index is 6.96. The Kier molecular flexibility index (Phi) is 4.98. The van der Waals surface area contributed by atoms with Crippen molar-refractivity contribution in [1.82, 2.24) is 4.98 Å². The fourth-order valence-electron chi connectivity index (χ4n) is 2.50. The molecule has 0 N–H and O–H groups in total. The Morgan fingerprint density at radius 2 is 1.77 bits per heavy atom. The zero-order valence-corrected chi connectivity index (χ0v) is 16.0. The Morgan fingerprint density at radius 1 is 1.15 bits per heavy atom. The minimum absolute atomic E-state index is 0.196. The van der Waals surface area contributed by atoms with Gasteiger partial charge >= 0.3 is 7.12 Å². The van der Waals surface area contributed by atoms with Gasteiger partial charge in [-0.15, -0.1) is 4.98 Å². The van der Waals surface area contributed by atoms with E-state index in [9.17, 15) is 0 Å². The lowest BCUT2D eigenvalue weighted by molar-refractivity contribution is 0.00578. The van der Waals surface area contributed by atoms with E-state index in [1.165, 1.54) is 0 Å². The van der Waals surface area contributed by atoms with Crippen molar-refractivity contribution < 1.29 is 14.0 Å². The van der Waals surface area contributed by atoms with E-state index in [0.717, 1.165) is 16.8 Å². The average molecular weight is 371 g/mol. The molecule has 1 aliphatic heterocycles. The lowest BCUT2D eigenvalue weighted by Crippen LogP contribution is -2.41. The second-order valence-electron chi connectivity index (χ2n) is 7.21. The average Bonchev–Trinajstić information content (AvgIpc) is 2.81. The van der Waals surface area contributed by atoms with Crippen LogP contribution < -0.4 is 10.2 Å². The third-order valence-corrected chi connectivity index (χ3v) is 5.07. The summed E-state index contributed by atoms with van der Waals surface area (Å²) in [4.78, 5) is 7.24. The monoisotopic (exact) mass is 370 g/mol. The third-order valence-electron chi connectivity index (χ3n) is 4.80. The highest BCUT2D eigenvalue weighted by Crippen LogP contribution is 2.36. The molecule has 1 fully saturated rings. The number of hydrogen-bond donors (Lipinski definition) is 0. The van der Waals surface area contributed by atoms with Gasteiger partial charge in [0.05, 0.1) is 16.2 Å². The minimum atomic E-state index is -0.391. The highest BCUT2D eigenvalue weighted by Gasteiger charge is 2.51. The van der Waals surface area contributed by atoms with Crippen molar-refractivity contribution in [3.05, 3.63) is 58.5 Å². The van der Waals surface area contributed by atoms with E-state index in [1.54, 1.807) is 12.3 Å². The molecule has 0 radical (unpaired) electrons. The number of rotatable bonds is 4. The lowest BCUT2D eigenvalue weighted by atomic mass is 9.79. The first-order valence-corrected chi connectivity index (χ1v) is 8.70. The maximum absolute atomic E-state index is 6.96. The molecule has 1 saturated heterocycles. The lowest BCUT2D eigenvalue weighted by Gasteiger charge is -2.32. The van der Waals surface area contributed by atoms with Crippen LogP contribution in [0.1, 0.15) is 33.3 Å². The summed E-state index contributed by atoms with van der Waals surface area (Å²) < 4.78 is 17.9. The predicted octanol–water partition coefficient (Wildman–Crippen LogP) is 4.16. The maximum Gasteiger partial charge on any atom is 0.494 e. The van der Waals surface area contributed by atoms with Gasteiger partial charge in [-0.2, -0.15) is 0 Å². The number of aromatic nitrogens is 1. The van der Waals surface area contributed by atoms with Gasteiger partial charge < -0.3 is 18.9 Å². The van der Waals surface area contributed by atoms with Crippen LogP contribution in [0.2, 0.25) is 5.02 Å². The molecule has 134 valence electrons. The molecule has 1 aromatic heterocycles. The van der Waals surface area contributed by atoms with E-state index in [2.05, 4.69) is 9.83 Å². The zero-order chi connectivity index (χ0) is 18.9. The quantitative estimate of drug-likeness (QED) is 0.599. The molecule has 1 aromatic carbocycles. The summed E-state index contributed by atoms with van der Waals surface area (Å²) in [6, 6.07) is 9.32. The van der Waals surface area contributed by atoms with E-state index < -0.39 is 7.12 Å². The first-order chi connectivity index (χ1) is 12.2. The van der Waals surface area contributed by atoms with Crippen LogP contribution in [0, 0.1) is 6.57 Å². The van der Waals surface area contributed by atoms with E-state index in [4.69, 9.17) is 32.2 Å². The van der Waals surface area contributed by atoms with Gasteiger partial charge in [0, 0.05) is 5.56 Å². The molecule has 0 amide bonds. The molecule has 0 atom stereocenters. The van der Waals surface area contributed by atoms with Gasteiger partial charge in [-0.05, 0) is 51.4 Å². The standard InChI is InChI=1S/C19H20BClN2O3/c1-18(2)19(3,4)26-20(25-18)14-6-8-15(9-7-14)24-12-13-10-16(21)17(22-5)23-11-13/h6-11H,12H2,1-4H3. The molecule has 3 rings (SSSR count). The molecule has 0 bridgehead atoms. The van der Waals surface area contributed by atoms with Gasteiger partial charge in [0.25, 0.3) is 5.82 Å². The Hall–Kier alpha value is -2.07. The van der Waals surface area contributed by atoms with Crippen molar-refractivity contribution in [2.75, 3.05) is 0 Å². The molecule has 0 spiro atoms.